The molecule has 0 aliphatic carbocycles. The predicted octanol–water partition coefficient (Wildman–Crippen LogP) is 4.27. The summed E-state index contributed by atoms with van der Waals surface area (Å²) in [5, 5.41) is 3.38. The van der Waals surface area contributed by atoms with E-state index in [4.69, 9.17) is 4.74 Å². The number of thioether (sulfide) groups is 1. The van der Waals surface area contributed by atoms with Crippen molar-refractivity contribution in [3.63, 3.8) is 0 Å². The molecule has 5 nitrogen and oxygen atoms in total. The summed E-state index contributed by atoms with van der Waals surface area (Å²) < 4.78 is 30.2. The molecule has 0 atom stereocenters. The van der Waals surface area contributed by atoms with Gasteiger partial charge in [-0.05, 0) is 23.8 Å². The number of pyridine rings is 1. The number of carbonyl (C=O) groups is 2. The second-order valence-electron chi connectivity index (χ2n) is 5.75. The molecule has 0 aliphatic heterocycles. The summed E-state index contributed by atoms with van der Waals surface area (Å²) in [7, 11) is 0. The van der Waals surface area contributed by atoms with Crippen molar-refractivity contribution in [1.82, 2.24) is 4.98 Å². The third-order valence-corrected chi connectivity index (χ3v) is 4.58. The maximum atomic E-state index is 12.6. The Morgan fingerprint density at radius 3 is 2.68 bits per heavy atom. The number of halogens is 2. The molecular formula is C20H16F2N2O3S. The Bertz CT molecular complexity index is 993. The first-order valence-corrected chi connectivity index (χ1v) is 9.23. The predicted molar refractivity (Wildman–Crippen MR) is 103 cm³/mol. The van der Waals surface area contributed by atoms with E-state index in [1.807, 2.05) is 18.2 Å². The van der Waals surface area contributed by atoms with E-state index in [0.717, 1.165) is 5.39 Å². The number of nitrogens with one attached hydrogen (secondary N) is 1. The molecule has 0 fully saturated rings. The molecule has 0 radical (unpaired) electrons. The van der Waals surface area contributed by atoms with Gasteiger partial charge in [-0.15, -0.1) is 0 Å². The summed E-state index contributed by atoms with van der Waals surface area (Å²) in [5.74, 6) is -3.79. The maximum Gasteiger partial charge on any atom is 0.310 e. The van der Waals surface area contributed by atoms with Crippen LogP contribution in [0.2, 0.25) is 0 Å². The highest BCUT2D eigenvalue weighted by molar-refractivity contribution is 7.99. The van der Waals surface area contributed by atoms with Crippen LogP contribution in [-0.4, -0.2) is 29.2 Å². The first kappa shape index (κ1) is 19.8. The number of para-hydroxylation sites is 2. The lowest BCUT2D eigenvalue weighted by Crippen LogP contribution is -2.22. The summed E-state index contributed by atoms with van der Waals surface area (Å²) in [6.07, 6.45) is 1.61. The Balaban J connectivity index is 1.57. The van der Waals surface area contributed by atoms with Gasteiger partial charge >= 0.3 is 5.97 Å². The minimum atomic E-state index is -2.61. The number of hydrogen-bond acceptors (Lipinski definition) is 5. The summed E-state index contributed by atoms with van der Waals surface area (Å²) in [5.41, 5.74) is 1.64. The number of carbonyl (C=O) groups excluding carboxylic acids is 2. The van der Waals surface area contributed by atoms with Gasteiger partial charge in [-0.2, -0.15) is 8.78 Å². The van der Waals surface area contributed by atoms with Crippen LogP contribution in [0.25, 0.3) is 10.9 Å². The van der Waals surface area contributed by atoms with Crippen LogP contribution in [0.15, 0.2) is 65.7 Å². The summed E-state index contributed by atoms with van der Waals surface area (Å²) in [6, 6.07) is 15.4. The number of benzene rings is 2. The monoisotopic (exact) mass is 402 g/mol. The van der Waals surface area contributed by atoms with Crippen LogP contribution in [0.1, 0.15) is 5.56 Å². The average molecular weight is 402 g/mol. The number of aromatic nitrogens is 1. The van der Waals surface area contributed by atoms with E-state index >= 15 is 0 Å². The van der Waals surface area contributed by atoms with Gasteiger partial charge in [0.05, 0.1) is 17.6 Å². The topological polar surface area (TPSA) is 68.3 Å². The van der Waals surface area contributed by atoms with E-state index < -0.39 is 24.2 Å². The van der Waals surface area contributed by atoms with Crippen LogP contribution in [0.5, 0.6) is 0 Å². The number of nitrogens with zero attached hydrogens (tertiary/aromatic N) is 1. The molecule has 0 unspecified atom stereocenters. The SMILES string of the molecule is O=C(COC(=O)Cc1cccc2cccnc12)Nc1ccccc1SC(F)F. The van der Waals surface area contributed by atoms with Gasteiger partial charge in [0.15, 0.2) is 6.61 Å². The fourth-order valence-electron chi connectivity index (χ4n) is 2.62. The van der Waals surface area contributed by atoms with Gasteiger partial charge in [-0.3, -0.25) is 14.6 Å². The molecule has 1 heterocycles. The average Bonchev–Trinajstić information content (AvgIpc) is 2.68. The summed E-state index contributed by atoms with van der Waals surface area (Å²) in [6.45, 7) is -0.509. The molecule has 0 bridgehead atoms. The number of esters is 1. The van der Waals surface area contributed by atoms with Crippen LogP contribution in [0.3, 0.4) is 0 Å². The third-order valence-electron chi connectivity index (χ3n) is 3.79. The lowest BCUT2D eigenvalue weighted by atomic mass is 10.1. The molecule has 1 N–H and O–H groups in total. The second-order valence-corrected chi connectivity index (χ2v) is 6.78. The van der Waals surface area contributed by atoms with Crippen LogP contribution >= 0.6 is 11.8 Å². The van der Waals surface area contributed by atoms with Crippen molar-refractivity contribution in [2.45, 2.75) is 17.1 Å². The number of anilines is 1. The zero-order valence-corrected chi connectivity index (χ0v) is 15.4. The number of ether oxygens (including phenoxy) is 1. The van der Waals surface area contributed by atoms with Gasteiger partial charge in [-0.25, -0.2) is 0 Å². The number of rotatable bonds is 7. The highest BCUT2D eigenvalue weighted by atomic mass is 32.2. The fraction of sp³-hybridized carbons (Fsp3) is 0.150. The van der Waals surface area contributed by atoms with Crippen molar-refractivity contribution in [3.05, 3.63) is 66.4 Å². The van der Waals surface area contributed by atoms with Gasteiger partial charge in [0, 0.05) is 16.5 Å². The fourth-order valence-corrected chi connectivity index (χ4v) is 3.21. The van der Waals surface area contributed by atoms with Crippen molar-refractivity contribution < 1.29 is 23.1 Å². The van der Waals surface area contributed by atoms with Crippen molar-refractivity contribution in [1.29, 1.82) is 0 Å². The van der Waals surface area contributed by atoms with E-state index in [-0.39, 0.29) is 17.0 Å². The zero-order valence-electron chi connectivity index (χ0n) is 14.6. The molecule has 0 aliphatic rings. The van der Waals surface area contributed by atoms with Crippen molar-refractivity contribution in [3.8, 4) is 0 Å². The van der Waals surface area contributed by atoms with Gasteiger partial charge in [0.2, 0.25) is 0 Å². The molecule has 0 spiro atoms. The Labute approximate surface area is 164 Å². The van der Waals surface area contributed by atoms with Crippen LogP contribution in [0, 0.1) is 0 Å². The van der Waals surface area contributed by atoms with Crippen molar-refractivity contribution in [2.24, 2.45) is 0 Å². The molecule has 1 amide bonds. The smallest absolute Gasteiger partial charge is 0.310 e. The number of fused-ring (bicyclic) bond motifs is 1. The normalized spacial score (nSPS) is 10.8. The Kier molecular flexibility index (Phi) is 6.54. The molecular weight excluding hydrogens is 386 g/mol. The molecule has 1 aromatic heterocycles. The van der Waals surface area contributed by atoms with E-state index in [1.165, 1.54) is 12.1 Å². The number of alkyl halides is 2. The Morgan fingerprint density at radius 2 is 1.86 bits per heavy atom. The summed E-state index contributed by atoms with van der Waals surface area (Å²) >= 11 is 0.332. The molecule has 28 heavy (non-hydrogen) atoms. The Hall–Kier alpha value is -3.00. The van der Waals surface area contributed by atoms with Gasteiger partial charge in [0.1, 0.15) is 0 Å². The van der Waals surface area contributed by atoms with Gasteiger partial charge in [0.25, 0.3) is 11.7 Å². The zero-order chi connectivity index (χ0) is 19.9. The van der Waals surface area contributed by atoms with E-state index in [0.29, 0.717) is 22.8 Å². The van der Waals surface area contributed by atoms with E-state index in [2.05, 4.69) is 10.3 Å². The molecule has 3 rings (SSSR count). The van der Waals surface area contributed by atoms with Gasteiger partial charge in [-0.1, -0.05) is 48.2 Å². The van der Waals surface area contributed by atoms with Crippen molar-refractivity contribution in [2.75, 3.05) is 11.9 Å². The second kappa shape index (κ2) is 9.27. The molecule has 3 aromatic rings. The standard InChI is InChI=1S/C20H16F2N2O3S/c21-20(22)28-16-9-2-1-8-15(16)24-17(25)12-27-18(26)11-14-6-3-5-13-7-4-10-23-19(13)14/h1-10,20H,11-12H2,(H,24,25). The summed E-state index contributed by atoms with van der Waals surface area (Å²) in [4.78, 5) is 28.6. The molecule has 8 heteroatoms. The largest absolute Gasteiger partial charge is 0.455 e. The highest BCUT2D eigenvalue weighted by Crippen LogP contribution is 2.31. The molecule has 0 saturated heterocycles. The molecule has 0 saturated carbocycles. The van der Waals surface area contributed by atoms with Crippen LogP contribution < -0.4 is 5.32 Å². The van der Waals surface area contributed by atoms with Crippen molar-refractivity contribution >= 4 is 40.2 Å². The quantitative estimate of drug-likeness (QED) is 0.472. The third kappa shape index (κ3) is 5.26. The first-order chi connectivity index (χ1) is 13.5. The first-order valence-electron chi connectivity index (χ1n) is 8.35. The number of amides is 1. The Morgan fingerprint density at radius 1 is 1.07 bits per heavy atom. The molecule has 2 aromatic carbocycles. The molecule has 144 valence electrons. The maximum absolute atomic E-state index is 12.6. The number of hydrogen-bond donors (Lipinski definition) is 1. The highest BCUT2D eigenvalue weighted by Gasteiger charge is 2.14. The lowest BCUT2D eigenvalue weighted by molar-refractivity contribution is -0.146. The minimum Gasteiger partial charge on any atom is -0.455 e. The van der Waals surface area contributed by atoms with E-state index in [1.54, 1.807) is 30.5 Å². The van der Waals surface area contributed by atoms with Crippen LogP contribution in [0.4, 0.5) is 14.5 Å². The van der Waals surface area contributed by atoms with Crippen LogP contribution in [-0.2, 0) is 20.7 Å². The van der Waals surface area contributed by atoms with Gasteiger partial charge < -0.3 is 10.1 Å². The van der Waals surface area contributed by atoms with E-state index in [9.17, 15) is 18.4 Å². The lowest BCUT2D eigenvalue weighted by Gasteiger charge is -2.11. The minimum absolute atomic E-state index is 0.0283.